The van der Waals surface area contributed by atoms with E-state index in [-0.39, 0.29) is 11.9 Å². The van der Waals surface area contributed by atoms with Crippen molar-refractivity contribution in [3.8, 4) is 22.0 Å². The number of carbonyl (C=O) groups is 1. The molecule has 0 aliphatic heterocycles. The molecule has 2 aromatic carbocycles. The average Bonchev–Trinajstić information content (AvgIpc) is 3.48. The van der Waals surface area contributed by atoms with Crippen molar-refractivity contribution in [3.63, 3.8) is 0 Å². The summed E-state index contributed by atoms with van der Waals surface area (Å²) in [5, 5.41) is 6.97. The molecule has 0 saturated carbocycles. The number of amides is 1. The van der Waals surface area contributed by atoms with Gasteiger partial charge in [-0.1, -0.05) is 36.4 Å². The Morgan fingerprint density at radius 1 is 1.13 bits per heavy atom. The van der Waals surface area contributed by atoms with Crippen LogP contribution in [0.5, 0.6) is 5.75 Å². The lowest BCUT2D eigenvalue weighted by molar-refractivity contribution is 0.0736. The first-order chi connectivity index (χ1) is 14.6. The highest BCUT2D eigenvalue weighted by Gasteiger charge is 2.23. The van der Waals surface area contributed by atoms with Crippen molar-refractivity contribution >= 4 is 17.2 Å². The zero-order chi connectivity index (χ0) is 21.1. The second-order valence-electron chi connectivity index (χ2n) is 6.88. The predicted octanol–water partition coefficient (Wildman–Crippen LogP) is 4.84. The van der Waals surface area contributed by atoms with E-state index >= 15 is 0 Å². The van der Waals surface area contributed by atoms with Crippen LogP contribution in [-0.4, -0.2) is 39.7 Å². The molecule has 1 amide bonds. The van der Waals surface area contributed by atoms with Crippen LogP contribution in [0.2, 0.25) is 0 Å². The summed E-state index contributed by atoms with van der Waals surface area (Å²) < 4.78 is 7.24. The summed E-state index contributed by atoms with van der Waals surface area (Å²) in [6.45, 7) is 1.98. The molecular formula is C23H22N4O2S. The third-order valence-electron chi connectivity index (χ3n) is 5.06. The van der Waals surface area contributed by atoms with Gasteiger partial charge in [0.25, 0.3) is 5.91 Å². The van der Waals surface area contributed by atoms with Gasteiger partial charge in [0, 0.05) is 29.8 Å². The predicted molar refractivity (Wildman–Crippen MR) is 118 cm³/mol. The summed E-state index contributed by atoms with van der Waals surface area (Å²) in [6, 6.07) is 17.5. The van der Waals surface area contributed by atoms with Gasteiger partial charge in [-0.15, -0.1) is 11.3 Å². The lowest BCUT2D eigenvalue weighted by Gasteiger charge is -2.26. The molecule has 2 heterocycles. The van der Waals surface area contributed by atoms with Gasteiger partial charge < -0.3 is 9.64 Å². The first-order valence-corrected chi connectivity index (χ1v) is 10.4. The number of carbonyl (C=O) groups excluding carboxylic acids is 1. The molecule has 0 aliphatic rings. The van der Waals surface area contributed by atoms with Gasteiger partial charge >= 0.3 is 0 Å². The highest BCUT2D eigenvalue weighted by Crippen LogP contribution is 2.30. The molecule has 0 spiro atoms. The molecule has 152 valence electrons. The molecule has 2 aromatic heterocycles. The number of nitrogens with zero attached hydrogens (tertiary/aromatic N) is 4. The van der Waals surface area contributed by atoms with E-state index in [0.29, 0.717) is 5.69 Å². The molecule has 0 bridgehead atoms. The Hall–Kier alpha value is -3.45. The van der Waals surface area contributed by atoms with Crippen LogP contribution in [0.1, 0.15) is 29.0 Å². The molecule has 0 radical (unpaired) electrons. The molecule has 30 heavy (non-hydrogen) atoms. The average molecular weight is 419 g/mol. The molecule has 1 atom stereocenters. The van der Waals surface area contributed by atoms with Gasteiger partial charge in [-0.3, -0.25) is 4.79 Å². The molecule has 6 nitrogen and oxygen atoms in total. The quantitative estimate of drug-likeness (QED) is 0.450. The number of para-hydroxylation sites is 2. The first kappa shape index (κ1) is 19.8. The number of rotatable bonds is 6. The third-order valence-corrected chi connectivity index (χ3v) is 5.96. The molecule has 0 fully saturated rings. The number of methoxy groups -OCH3 is 1. The minimum atomic E-state index is -0.153. The second kappa shape index (κ2) is 8.51. The maximum atomic E-state index is 13.0. The molecule has 1 unspecified atom stereocenters. The van der Waals surface area contributed by atoms with Crippen LogP contribution in [-0.2, 0) is 0 Å². The number of benzene rings is 2. The maximum Gasteiger partial charge on any atom is 0.273 e. The van der Waals surface area contributed by atoms with Crippen LogP contribution in [0.3, 0.4) is 0 Å². The SMILES string of the molecule is COc1ccccc1C(C)N(C)C(=O)c1csc(-c2cnn(-c3ccccc3)c2)n1. The fraction of sp³-hybridized carbons (Fsp3) is 0.174. The molecule has 0 saturated heterocycles. The van der Waals surface area contributed by atoms with Gasteiger partial charge in [0.2, 0.25) is 0 Å². The number of aromatic nitrogens is 3. The van der Waals surface area contributed by atoms with Crippen molar-refractivity contribution < 1.29 is 9.53 Å². The van der Waals surface area contributed by atoms with E-state index in [0.717, 1.165) is 27.6 Å². The molecule has 7 heteroatoms. The van der Waals surface area contributed by atoms with Crippen molar-refractivity contribution in [1.29, 1.82) is 0 Å². The minimum absolute atomic E-state index is 0.133. The maximum absolute atomic E-state index is 13.0. The van der Waals surface area contributed by atoms with Crippen LogP contribution in [0.4, 0.5) is 0 Å². The normalized spacial score (nSPS) is 11.8. The van der Waals surface area contributed by atoms with Crippen molar-refractivity contribution in [2.75, 3.05) is 14.2 Å². The summed E-state index contributed by atoms with van der Waals surface area (Å²) in [5.41, 5.74) is 3.23. The van der Waals surface area contributed by atoms with Gasteiger partial charge in [-0.05, 0) is 25.1 Å². The highest BCUT2D eigenvalue weighted by molar-refractivity contribution is 7.13. The number of thiazole rings is 1. The number of hydrogen-bond acceptors (Lipinski definition) is 5. The Balaban J connectivity index is 1.54. The van der Waals surface area contributed by atoms with Gasteiger partial charge in [0.1, 0.15) is 16.5 Å². The monoisotopic (exact) mass is 418 g/mol. The van der Waals surface area contributed by atoms with Crippen molar-refractivity contribution in [3.05, 3.63) is 83.6 Å². The van der Waals surface area contributed by atoms with Gasteiger partial charge in [0.05, 0.1) is 25.0 Å². The van der Waals surface area contributed by atoms with Crippen LogP contribution >= 0.6 is 11.3 Å². The van der Waals surface area contributed by atoms with E-state index in [4.69, 9.17) is 4.74 Å². The van der Waals surface area contributed by atoms with Gasteiger partial charge in [0.15, 0.2) is 0 Å². The summed E-state index contributed by atoms with van der Waals surface area (Å²) in [7, 11) is 3.42. The lowest BCUT2D eigenvalue weighted by atomic mass is 10.1. The number of ether oxygens (including phenoxy) is 1. The summed E-state index contributed by atoms with van der Waals surface area (Å²) in [6.07, 6.45) is 3.69. The Morgan fingerprint density at radius 3 is 2.63 bits per heavy atom. The van der Waals surface area contributed by atoms with Crippen LogP contribution in [0.25, 0.3) is 16.3 Å². The standard InChI is InChI=1S/C23H22N4O2S/c1-16(19-11-7-8-12-21(19)29-3)26(2)23(28)20-15-30-22(25-20)17-13-24-27(14-17)18-9-5-4-6-10-18/h4-16H,1-3H3. The van der Waals surface area contributed by atoms with Crippen molar-refractivity contribution in [2.24, 2.45) is 0 Å². The van der Waals surface area contributed by atoms with E-state index in [1.54, 1.807) is 35.3 Å². The first-order valence-electron chi connectivity index (χ1n) is 9.54. The highest BCUT2D eigenvalue weighted by atomic mass is 32.1. The summed E-state index contributed by atoms with van der Waals surface area (Å²) in [4.78, 5) is 19.3. The largest absolute Gasteiger partial charge is 0.496 e. The fourth-order valence-electron chi connectivity index (χ4n) is 3.24. The van der Waals surface area contributed by atoms with E-state index in [2.05, 4.69) is 10.1 Å². The zero-order valence-corrected chi connectivity index (χ0v) is 17.8. The topological polar surface area (TPSA) is 60.2 Å². The Morgan fingerprint density at radius 2 is 1.87 bits per heavy atom. The second-order valence-corrected chi connectivity index (χ2v) is 7.74. The van der Waals surface area contributed by atoms with E-state index < -0.39 is 0 Å². The van der Waals surface area contributed by atoms with Crippen molar-refractivity contribution in [1.82, 2.24) is 19.7 Å². The molecule has 0 N–H and O–H groups in total. The summed E-state index contributed by atoms with van der Waals surface area (Å²) >= 11 is 1.44. The Bertz CT molecular complexity index is 1150. The third kappa shape index (κ3) is 3.84. The zero-order valence-electron chi connectivity index (χ0n) is 17.0. The smallest absolute Gasteiger partial charge is 0.273 e. The van der Waals surface area contributed by atoms with Crippen LogP contribution < -0.4 is 4.74 Å². The van der Waals surface area contributed by atoms with E-state index in [1.807, 2.05) is 67.7 Å². The fourth-order valence-corrected chi connectivity index (χ4v) is 4.01. The van der Waals surface area contributed by atoms with Crippen molar-refractivity contribution in [2.45, 2.75) is 13.0 Å². The van der Waals surface area contributed by atoms with E-state index in [9.17, 15) is 4.79 Å². The van der Waals surface area contributed by atoms with E-state index in [1.165, 1.54) is 11.3 Å². The minimum Gasteiger partial charge on any atom is -0.496 e. The lowest BCUT2D eigenvalue weighted by Crippen LogP contribution is -2.30. The molecular weight excluding hydrogens is 396 g/mol. The number of hydrogen-bond donors (Lipinski definition) is 0. The molecule has 4 aromatic rings. The van der Waals surface area contributed by atoms with Gasteiger partial charge in [-0.25, -0.2) is 9.67 Å². The Kier molecular flexibility index (Phi) is 5.63. The van der Waals surface area contributed by atoms with Crippen LogP contribution in [0.15, 0.2) is 72.4 Å². The summed E-state index contributed by atoms with van der Waals surface area (Å²) in [5.74, 6) is 0.628. The Labute approximate surface area is 179 Å². The molecule has 0 aliphatic carbocycles. The van der Waals surface area contributed by atoms with Crippen LogP contribution in [0, 0.1) is 0 Å². The molecule has 4 rings (SSSR count). The van der Waals surface area contributed by atoms with Gasteiger partial charge in [-0.2, -0.15) is 5.10 Å².